The van der Waals surface area contributed by atoms with Crippen LogP contribution in [0, 0.1) is 11.6 Å². The van der Waals surface area contributed by atoms with E-state index in [1.807, 2.05) is 0 Å². The van der Waals surface area contributed by atoms with E-state index in [1.54, 1.807) is 0 Å². The summed E-state index contributed by atoms with van der Waals surface area (Å²) in [6.45, 7) is 1.52. The van der Waals surface area contributed by atoms with Crippen molar-refractivity contribution < 1.29 is 26.7 Å². The average molecular weight is 432 g/mol. The van der Waals surface area contributed by atoms with Crippen molar-refractivity contribution in [2.45, 2.75) is 17.9 Å². The summed E-state index contributed by atoms with van der Waals surface area (Å²) in [4.78, 5) is 12.2. The number of carbonyl (C=O) groups excluding carboxylic acids is 1. The first-order chi connectivity index (χ1) is 14.2. The number of hydrogen-bond donors (Lipinski definition) is 2. The van der Waals surface area contributed by atoms with Crippen LogP contribution in [0.15, 0.2) is 77.7 Å². The SMILES string of the molecule is CC(Oc1ccc(F)cc1)C(=O)Nc1ccc(S(=O)(=O)Nc2ccccc2F)cc1. The Morgan fingerprint density at radius 2 is 1.57 bits per heavy atom. The zero-order chi connectivity index (χ0) is 21.7. The fourth-order valence-electron chi connectivity index (χ4n) is 2.48. The van der Waals surface area contributed by atoms with Gasteiger partial charge in [-0.15, -0.1) is 0 Å². The van der Waals surface area contributed by atoms with Gasteiger partial charge in [-0.05, 0) is 67.6 Å². The van der Waals surface area contributed by atoms with Crippen LogP contribution in [0.25, 0.3) is 0 Å². The number of para-hydroxylation sites is 1. The Morgan fingerprint density at radius 1 is 0.933 bits per heavy atom. The van der Waals surface area contributed by atoms with Crippen LogP contribution >= 0.6 is 0 Å². The second-order valence-corrected chi connectivity index (χ2v) is 8.00. The molecule has 6 nitrogen and oxygen atoms in total. The van der Waals surface area contributed by atoms with Gasteiger partial charge in [-0.1, -0.05) is 12.1 Å². The summed E-state index contributed by atoms with van der Waals surface area (Å²) in [5.41, 5.74) is 0.182. The predicted molar refractivity (Wildman–Crippen MR) is 109 cm³/mol. The number of hydrogen-bond acceptors (Lipinski definition) is 4. The minimum absolute atomic E-state index is 0.0978. The van der Waals surface area contributed by atoms with E-state index < -0.39 is 33.7 Å². The van der Waals surface area contributed by atoms with Gasteiger partial charge in [0, 0.05) is 5.69 Å². The summed E-state index contributed by atoms with van der Waals surface area (Å²) < 4.78 is 59.1. The molecule has 0 aromatic heterocycles. The van der Waals surface area contributed by atoms with Crippen LogP contribution in [0.5, 0.6) is 5.75 Å². The molecule has 1 unspecified atom stereocenters. The van der Waals surface area contributed by atoms with Crippen molar-refractivity contribution in [1.82, 2.24) is 0 Å². The second kappa shape index (κ2) is 8.91. The Labute approximate surface area is 172 Å². The van der Waals surface area contributed by atoms with Crippen LogP contribution in [-0.2, 0) is 14.8 Å². The molecule has 0 radical (unpaired) electrons. The third kappa shape index (κ3) is 5.32. The van der Waals surface area contributed by atoms with Crippen molar-refractivity contribution in [3.05, 3.63) is 84.4 Å². The highest BCUT2D eigenvalue weighted by molar-refractivity contribution is 7.92. The third-order valence-electron chi connectivity index (χ3n) is 4.05. The molecule has 1 amide bonds. The molecule has 0 fully saturated rings. The molecule has 156 valence electrons. The lowest BCUT2D eigenvalue weighted by Gasteiger charge is -2.15. The molecule has 0 aliphatic rings. The van der Waals surface area contributed by atoms with E-state index in [0.717, 1.165) is 6.07 Å². The number of sulfonamides is 1. The molecule has 30 heavy (non-hydrogen) atoms. The number of ether oxygens (including phenoxy) is 1. The van der Waals surface area contributed by atoms with Crippen LogP contribution in [-0.4, -0.2) is 20.4 Å². The molecule has 1 atom stereocenters. The van der Waals surface area contributed by atoms with Crippen molar-refractivity contribution in [3.8, 4) is 5.75 Å². The van der Waals surface area contributed by atoms with E-state index in [9.17, 15) is 22.0 Å². The van der Waals surface area contributed by atoms with Crippen molar-refractivity contribution >= 4 is 27.3 Å². The maximum atomic E-state index is 13.7. The van der Waals surface area contributed by atoms with Crippen molar-refractivity contribution in [1.29, 1.82) is 0 Å². The highest BCUT2D eigenvalue weighted by atomic mass is 32.2. The highest BCUT2D eigenvalue weighted by Gasteiger charge is 2.18. The van der Waals surface area contributed by atoms with Gasteiger partial charge in [-0.2, -0.15) is 0 Å². The highest BCUT2D eigenvalue weighted by Crippen LogP contribution is 2.21. The Kier molecular flexibility index (Phi) is 6.31. The number of halogens is 2. The Balaban J connectivity index is 1.64. The number of rotatable bonds is 7. The molecule has 0 saturated carbocycles. The number of benzene rings is 3. The predicted octanol–water partition coefficient (Wildman–Crippen LogP) is 4.17. The maximum Gasteiger partial charge on any atom is 0.265 e. The molecule has 0 spiro atoms. The molecule has 0 aliphatic heterocycles. The number of amides is 1. The number of nitrogens with one attached hydrogen (secondary N) is 2. The first-order valence-electron chi connectivity index (χ1n) is 8.85. The molecule has 9 heteroatoms. The standard InChI is InChI=1S/C21H18F2N2O4S/c1-14(29-17-10-6-15(22)7-11-17)21(26)24-16-8-12-18(13-9-16)30(27,28)25-20-5-3-2-4-19(20)23/h2-14,25H,1H3,(H,24,26). The van der Waals surface area contributed by atoms with Gasteiger partial charge in [0.2, 0.25) is 0 Å². The summed E-state index contributed by atoms with van der Waals surface area (Å²) in [5, 5.41) is 2.60. The van der Waals surface area contributed by atoms with Gasteiger partial charge in [-0.3, -0.25) is 9.52 Å². The largest absolute Gasteiger partial charge is 0.481 e. The molecule has 0 bridgehead atoms. The molecule has 0 heterocycles. The number of carbonyl (C=O) groups is 1. The molecule has 0 saturated heterocycles. The average Bonchev–Trinajstić information content (AvgIpc) is 2.71. The zero-order valence-electron chi connectivity index (χ0n) is 15.8. The molecular weight excluding hydrogens is 414 g/mol. The minimum Gasteiger partial charge on any atom is -0.481 e. The summed E-state index contributed by atoms with van der Waals surface area (Å²) in [5.74, 6) is -1.25. The summed E-state index contributed by atoms with van der Waals surface area (Å²) in [6.07, 6.45) is -0.874. The summed E-state index contributed by atoms with van der Waals surface area (Å²) in [6, 6.07) is 16.0. The van der Waals surface area contributed by atoms with E-state index >= 15 is 0 Å². The zero-order valence-corrected chi connectivity index (χ0v) is 16.6. The Hall–Kier alpha value is -3.46. The van der Waals surface area contributed by atoms with E-state index in [4.69, 9.17) is 4.74 Å². The quantitative estimate of drug-likeness (QED) is 0.587. The lowest BCUT2D eigenvalue weighted by molar-refractivity contribution is -0.122. The molecule has 2 N–H and O–H groups in total. The van der Waals surface area contributed by atoms with Crippen LogP contribution in [0.3, 0.4) is 0 Å². The molecular formula is C21H18F2N2O4S. The van der Waals surface area contributed by atoms with Crippen LogP contribution < -0.4 is 14.8 Å². The van der Waals surface area contributed by atoms with Gasteiger partial charge in [0.25, 0.3) is 15.9 Å². The molecule has 0 aliphatic carbocycles. The fourth-order valence-corrected chi connectivity index (χ4v) is 3.55. The van der Waals surface area contributed by atoms with E-state index in [-0.39, 0.29) is 10.6 Å². The van der Waals surface area contributed by atoms with Gasteiger partial charge in [0.15, 0.2) is 6.10 Å². The lowest BCUT2D eigenvalue weighted by atomic mass is 10.3. The topological polar surface area (TPSA) is 84.5 Å². The van der Waals surface area contributed by atoms with Gasteiger partial charge in [0.1, 0.15) is 17.4 Å². The second-order valence-electron chi connectivity index (χ2n) is 6.31. The van der Waals surface area contributed by atoms with E-state index in [2.05, 4.69) is 10.0 Å². The van der Waals surface area contributed by atoms with Crippen molar-refractivity contribution in [2.24, 2.45) is 0 Å². The molecule has 3 aromatic rings. The van der Waals surface area contributed by atoms with Crippen molar-refractivity contribution in [2.75, 3.05) is 10.0 Å². The molecule has 3 rings (SSSR count). The Bertz CT molecular complexity index is 1130. The number of anilines is 2. The van der Waals surface area contributed by atoms with Gasteiger partial charge in [-0.25, -0.2) is 17.2 Å². The van der Waals surface area contributed by atoms with Crippen molar-refractivity contribution in [3.63, 3.8) is 0 Å². The van der Waals surface area contributed by atoms with E-state index in [1.165, 1.54) is 73.7 Å². The smallest absolute Gasteiger partial charge is 0.265 e. The van der Waals surface area contributed by atoms with E-state index in [0.29, 0.717) is 11.4 Å². The van der Waals surface area contributed by atoms with Crippen LogP contribution in [0.1, 0.15) is 6.92 Å². The van der Waals surface area contributed by atoms with Gasteiger partial charge >= 0.3 is 0 Å². The van der Waals surface area contributed by atoms with Gasteiger partial charge in [0.05, 0.1) is 10.6 Å². The van der Waals surface area contributed by atoms with Crippen LogP contribution in [0.4, 0.5) is 20.2 Å². The summed E-state index contributed by atoms with van der Waals surface area (Å²) >= 11 is 0. The normalized spacial score (nSPS) is 12.1. The molecule has 3 aromatic carbocycles. The monoisotopic (exact) mass is 432 g/mol. The van der Waals surface area contributed by atoms with Gasteiger partial charge < -0.3 is 10.1 Å². The lowest BCUT2D eigenvalue weighted by Crippen LogP contribution is -2.30. The fraction of sp³-hybridized carbons (Fsp3) is 0.0952. The maximum absolute atomic E-state index is 13.7. The first-order valence-corrected chi connectivity index (χ1v) is 10.3. The first kappa shape index (κ1) is 21.3. The minimum atomic E-state index is -4.00. The Morgan fingerprint density at radius 3 is 2.20 bits per heavy atom. The van der Waals surface area contributed by atoms with Crippen LogP contribution in [0.2, 0.25) is 0 Å². The third-order valence-corrected chi connectivity index (χ3v) is 5.43. The summed E-state index contributed by atoms with van der Waals surface area (Å²) in [7, 11) is -4.00.